The summed E-state index contributed by atoms with van der Waals surface area (Å²) >= 11 is 0. The van der Waals surface area contributed by atoms with Gasteiger partial charge < -0.3 is 4.98 Å². The van der Waals surface area contributed by atoms with Crippen LogP contribution in [0.15, 0.2) is 35.1 Å². The number of hydrogen-bond donors (Lipinski definition) is 1. The van der Waals surface area contributed by atoms with Crippen molar-refractivity contribution in [3.63, 3.8) is 0 Å². The second-order valence-corrected chi connectivity index (χ2v) is 3.95. The lowest BCUT2D eigenvalue weighted by Crippen LogP contribution is -2.10. The minimum Gasteiger partial charge on any atom is -0.325 e. The molecular weight excluding hydrogens is 186 g/mol. The van der Waals surface area contributed by atoms with E-state index in [9.17, 15) is 4.79 Å². The van der Waals surface area contributed by atoms with Gasteiger partial charge in [-0.2, -0.15) is 0 Å². The van der Waals surface area contributed by atoms with Crippen molar-refractivity contribution in [1.82, 2.24) is 4.98 Å². The van der Waals surface area contributed by atoms with Gasteiger partial charge in [0, 0.05) is 11.1 Å². The van der Waals surface area contributed by atoms with Crippen molar-refractivity contribution < 1.29 is 0 Å². The lowest BCUT2D eigenvalue weighted by Gasteiger charge is -2.09. The van der Waals surface area contributed by atoms with Crippen molar-refractivity contribution in [3.8, 4) is 0 Å². The van der Waals surface area contributed by atoms with E-state index in [-0.39, 0.29) is 5.56 Å². The van der Waals surface area contributed by atoms with Gasteiger partial charge in [-0.05, 0) is 29.9 Å². The van der Waals surface area contributed by atoms with Crippen LogP contribution in [0, 0.1) is 0 Å². The average molecular weight is 201 g/mol. The van der Waals surface area contributed by atoms with Crippen molar-refractivity contribution in [1.29, 1.82) is 0 Å². The number of rotatable bonds is 2. The van der Waals surface area contributed by atoms with Crippen molar-refractivity contribution in [3.05, 3.63) is 46.4 Å². The topological polar surface area (TPSA) is 32.9 Å². The predicted octanol–water partition coefficient (Wildman–Crippen LogP) is 3.04. The van der Waals surface area contributed by atoms with E-state index < -0.39 is 0 Å². The fraction of sp³-hybridized carbons (Fsp3) is 0.308. The summed E-state index contributed by atoms with van der Waals surface area (Å²) < 4.78 is 0. The fourth-order valence-corrected chi connectivity index (χ4v) is 1.72. The van der Waals surface area contributed by atoms with Crippen LogP contribution in [-0.4, -0.2) is 4.98 Å². The number of aromatic amines is 1. The molecule has 15 heavy (non-hydrogen) atoms. The molecule has 0 spiro atoms. The Balaban J connectivity index is 2.67. The summed E-state index contributed by atoms with van der Waals surface area (Å²) in [6.45, 7) is 4.25. The molecule has 0 saturated heterocycles. The Bertz CT molecular complexity index is 527. The molecule has 0 radical (unpaired) electrons. The first-order chi connectivity index (χ1) is 7.22. The number of nitrogens with one attached hydrogen (secondary N) is 1. The molecule has 2 aromatic rings. The second kappa shape index (κ2) is 3.89. The first-order valence-corrected chi connectivity index (χ1v) is 5.34. The summed E-state index contributed by atoms with van der Waals surface area (Å²) in [4.78, 5) is 14.7. The third-order valence-electron chi connectivity index (χ3n) is 2.92. The molecular formula is C13H15NO. The highest BCUT2D eigenvalue weighted by Gasteiger charge is 2.06. The van der Waals surface area contributed by atoms with Gasteiger partial charge in [0.25, 0.3) is 5.56 Å². The van der Waals surface area contributed by atoms with Crippen LogP contribution in [0.25, 0.3) is 10.8 Å². The molecule has 0 aliphatic rings. The zero-order valence-electron chi connectivity index (χ0n) is 9.08. The highest BCUT2D eigenvalue weighted by atomic mass is 16.1. The second-order valence-electron chi connectivity index (χ2n) is 3.95. The number of fused-ring (bicyclic) bond motifs is 1. The molecule has 1 unspecified atom stereocenters. The maximum absolute atomic E-state index is 11.8. The molecule has 2 nitrogen and oxygen atoms in total. The fourth-order valence-electron chi connectivity index (χ4n) is 1.72. The molecule has 0 amide bonds. The molecule has 0 aliphatic carbocycles. The van der Waals surface area contributed by atoms with E-state index in [1.165, 1.54) is 0 Å². The molecule has 1 atom stereocenters. The van der Waals surface area contributed by atoms with Gasteiger partial charge in [-0.15, -0.1) is 0 Å². The number of pyridine rings is 1. The van der Waals surface area contributed by atoms with Crippen LogP contribution in [0.2, 0.25) is 0 Å². The van der Waals surface area contributed by atoms with Gasteiger partial charge >= 0.3 is 0 Å². The monoisotopic (exact) mass is 201 g/mol. The summed E-state index contributed by atoms with van der Waals surface area (Å²) in [5.74, 6) is 0.405. The zero-order valence-corrected chi connectivity index (χ0v) is 9.08. The average Bonchev–Trinajstić information content (AvgIpc) is 2.28. The van der Waals surface area contributed by atoms with Gasteiger partial charge in [-0.1, -0.05) is 32.0 Å². The van der Waals surface area contributed by atoms with Gasteiger partial charge in [-0.25, -0.2) is 0 Å². The molecule has 1 N–H and O–H groups in total. The Morgan fingerprint density at radius 3 is 2.80 bits per heavy atom. The normalized spacial score (nSPS) is 12.9. The summed E-state index contributed by atoms with van der Waals surface area (Å²) in [5, 5.41) is 1.79. The Morgan fingerprint density at radius 2 is 2.07 bits per heavy atom. The van der Waals surface area contributed by atoms with E-state index in [1.807, 2.05) is 24.3 Å². The van der Waals surface area contributed by atoms with Crippen molar-refractivity contribution >= 4 is 10.8 Å². The molecule has 0 aliphatic heterocycles. The zero-order chi connectivity index (χ0) is 10.8. The highest BCUT2D eigenvalue weighted by Crippen LogP contribution is 2.18. The van der Waals surface area contributed by atoms with Gasteiger partial charge in [-0.3, -0.25) is 4.79 Å². The van der Waals surface area contributed by atoms with Crippen molar-refractivity contribution in [2.75, 3.05) is 0 Å². The minimum atomic E-state index is 0.0170. The van der Waals surface area contributed by atoms with Crippen LogP contribution in [0.4, 0.5) is 0 Å². The molecule has 0 bridgehead atoms. The van der Waals surface area contributed by atoms with E-state index in [1.54, 1.807) is 0 Å². The molecule has 0 saturated carbocycles. The smallest absolute Gasteiger partial charge is 0.256 e. The van der Waals surface area contributed by atoms with Crippen LogP contribution in [0.3, 0.4) is 0 Å². The predicted molar refractivity (Wildman–Crippen MR) is 63.3 cm³/mol. The third kappa shape index (κ3) is 1.80. The SMILES string of the molecule is CCC(C)c1cc2ccccc2c(=O)[nH]1. The number of benzene rings is 1. The summed E-state index contributed by atoms with van der Waals surface area (Å²) in [6.07, 6.45) is 1.04. The summed E-state index contributed by atoms with van der Waals surface area (Å²) in [7, 11) is 0. The van der Waals surface area contributed by atoms with Gasteiger partial charge in [0.15, 0.2) is 0 Å². The highest BCUT2D eigenvalue weighted by molar-refractivity contribution is 5.81. The van der Waals surface area contributed by atoms with Gasteiger partial charge in [0.2, 0.25) is 0 Å². The minimum absolute atomic E-state index is 0.0170. The van der Waals surface area contributed by atoms with E-state index in [0.29, 0.717) is 5.92 Å². The number of aromatic nitrogens is 1. The molecule has 1 heterocycles. The van der Waals surface area contributed by atoms with E-state index in [0.717, 1.165) is 22.9 Å². The molecule has 1 aromatic heterocycles. The lowest BCUT2D eigenvalue weighted by molar-refractivity contribution is 0.707. The van der Waals surface area contributed by atoms with E-state index in [2.05, 4.69) is 24.9 Å². The quantitative estimate of drug-likeness (QED) is 0.795. The maximum Gasteiger partial charge on any atom is 0.256 e. The van der Waals surface area contributed by atoms with Crippen molar-refractivity contribution in [2.45, 2.75) is 26.2 Å². The largest absolute Gasteiger partial charge is 0.325 e. The van der Waals surface area contributed by atoms with Crippen LogP contribution in [0.1, 0.15) is 31.9 Å². The van der Waals surface area contributed by atoms with Crippen LogP contribution in [0.5, 0.6) is 0 Å². The number of hydrogen-bond acceptors (Lipinski definition) is 1. The number of H-pyrrole nitrogens is 1. The van der Waals surface area contributed by atoms with Gasteiger partial charge in [0.05, 0.1) is 0 Å². The summed E-state index contributed by atoms with van der Waals surface area (Å²) in [5.41, 5.74) is 1.05. The Morgan fingerprint density at radius 1 is 1.33 bits per heavy atom. The molecule has 2 rings (SSSR count). The van der Waals surface area contributed by atoms with E-state index >= 15 is 0 Å². The van der Waals surface area contributed by atoms with E-state index in [4.69, 9.17) is 0 Å². The molecule has 0 fully saturated rings. The summed E-state index contributed by atoms with van der Waals surface area (Å²) in [6, 6.07) is 9.76. The third-order valence-corrected chi connectivity index (χ3v) is 2.92. The Kier molecular flexibility index (Phi) is 2.58. The molecule has 2 heteroatoms. The first kappa shape index (κ1) is 9.97. The van der Waals surface area contributed by atoms with Crippen molar-refractivity contribution in [2.24, 2.45) is 0 Å². The standard InChI is InChI=1S/C13H15NO/c1-3-9(2)12-8-10-6-4-5-7-11(10)13(15)14-12/h4-9H,3H2,1-2H3,(H,14,15). The van der Waals surface area contributed by atoms with Crippen LogP contribution < -0.4 is 5.56 Å². The molecule has 78 valence electrons. The Hall–Kier alpha value is -1.57. The maximum atomic E-state index is 11.8. The molecule has 1 aromatic carbocycles. The van der Waals surface area contributed by atoms with Crippen LogP contribution in [-0.2, 0) is 0 Å². The Labute approximate surface area is 89.0 Å². The lowest BCUT2D eigenvalue weighted by atomic mass is 10.0. The first-order valence-electron chi connectivity index (χ1n) is 5.34. The van der Waals surface area contributed by atoms with Gasteiger partial charge in [0.1, 0.15) is 0 Å². The van der Waals surface area contributed by atoms with Crippen LogP contribution >= 0.6 is 0 Å².